The van der Waals surface area contributed by atoms with Crippen molar-refractivity contribution < 1.29 is 19.3 Å². The van der Waals surface area contributed by atoms with Gasteiger partial charge in [-0.15, -0.1) is 0 Å². The van der Waals surface area contributed by atoms with Crippen LogP contribution < -0.4 is 0 Å². The van der Waals surface area contributed by atoms with Gasteiger partial charge in [-0.2, -0.15) is 0 Å². The fourth-order valence-electron chi connectivity index (χ4n) is 0.818. The molecule has 0 spiro atoms. The van der Waals surface area contributed by atoms with Gasteiger partial charge in [0, 0.05) is 6.61 Å². The molecule has 2 fully saturated rings. The van der Waals surface area contributed by atoms with E-state index in [1.807, 2.05) is 0 Å². The molecule has 1 N–H and O–H groups in total. The lowest BCUT2D eigenvalue weighted by Crippen LogP contribution is -2.06. The molecular formula is C10H20O4. The second kappa shape index (κ2) is 7.17. The minimum Gasteiger partial charge on any atom is -0.396 e. The van der Waals surface area contributed by atoms with Crippen molar-refractivity contribution in [3.63, 3.8) is 0 Å². The fraction of sp³-hybridized carbons (Fsp3) is 1.00. The smallest absolute Gasteiger partial charge is 0.104 e. The molecular weight excluding hydrogens is 184 g/mol. The molecule has 4 nitrogen and oxygen atoms in total. The SMILES string of the molecule is C(OCC1CO1)C1CO1.CCCCO. The molecule has 2 saturated heterocycles. The van der Waals surface area contributed by atoms with Crippen LogP contribution in [0.3, 0.4) is 0 Å². The molecule has 0 saturated carbocycles. The van der Waals surface area contributed by atoms with E-state index in [2.05, 4.69) is 6.92 Å². The topological polar surface area (TPSA) is 54.5 Å². The van der Waals surface area contributed by atoms with Crippen molar-refractivity contribution in [1.29, 1.82) is 0 Å². The summed E-state index contributed by atoms with van der Waals surface area (Å²) in [6.07, 6.45) is 2.82. The van der Waals surface area contributed by atoms with E-state index in [0.717, 1.165) is 39.3 Å². The number of rotatable bonds is 6. The predicted octanol–water partition coefficient (Wildman–Crippen LogP) is 0.579. The fourth-order valence-corrected chi connectivity index (χ4v) is 0.818. The number of unbranched alkanes of at least 4 members (excludes halogenated alkanes) is 1. The zero-order valence-corrected chi connectivity index (χ0v) is 8.78. The van der Waals surface area contributed by atoms with E-state index in [0.29, 0.717) is 18.8 Å². The largest absolute Gasteiger partial charge is 0.396 e. The molecule has 0 aromatic carbocycles. The average molecular weight is 204 g/mol. The number of aliphatic hydroxyl groups excluding tert-OH is 1. The molecule has 2 heterocycles. The predicted molar refractivity (Wildman–Crippen MR) is 52.3 cm³/mol. The van der Waals surface area contributed by atoms with E-state index >= 15 is 0 Å². The number of epoxide rings is 2. The summed E-state index contributed by atoms with van der Waals surface area (Å²) in [5.41, 5.74) is 0. The van der Waals surface area contributed by atoms with Crippen LogP contribution in [0.1, 0.15) is 19.8 Å². The van der Waals surface area contributed by atoms with Crippen molar-refractivity contribution in [2.45, 2.75) is 32.0 Å². The zero-order valence-electron chi connectivity index (χ0n) is 8.78. The Morgan fingerprint density at radius 2 is 1.71 bits per heavy atom. The zero-order chi connectivity index (χ0) is 10.2. The second-order valence-electron chi connectivity index (χ2n) is 3.53. The maximum absolute atomic E-state index is 8.07. The molecule has 0 amide bonds. The molecule has 0 bridgehead atoms. The molecule has 0 radical (unpaired) electrons. The minimum absolute atomic E-state index is 0.344. The molecule has 2 aliphatic rings. The summed E-state index contributed by atoms with van der Waals surface area (Å²) in [5.74, 6) is 0. The van der Waals surface area contributed by atoms with Gasteiger partial charge in [0.25, 0.3) is 0 Å². The Labute approximate surface area is 85.2 Å². The maximum atomic E-state index is 8.07. The Balaban J connectivity index is 0.000000171. The van der Waals surface area contributed by atoms with E-state index in [1.165, 1.54) is 0 Å². The summed E-state index contributed by atoms with van der Waals surface area (Å²) < 4.78 is 15.1. The van der Waals surface area contributed by atoms with E-state index in [4.69, 9.17) is 19.3 Å². The van der Waals surface area contributed by atoms with Gasteiger partial charge in [0.1, 0.15) is 12.2 Å². The molecule has 14 heavy (non-hydrogen) atoms. The third-order valence-corrected chi connectivity index (χ3v) is 1.92. The monoisotopic (exact) mass is 204 g/mol. The summed E-state index contributed by atoms with van der Waals surface area (Å²) >= 11 is 0. The van der Waals surface area contributed by atoms with Crippen LogP contribution in [0.5, 0.6) is 0 Å². The van der Waals surface area contributed by atoms with Crippen molar-refractivity contribution in [3.8, 4) is 0 Å². The molecule has 84 valence electrons. The van der Waals surface area contributed by atoms with Crippen molar-refractivity contribution in [3.05, 3.63) is 0 Å². The Kier molecular flexibility index (Phi) is 6.10. The molecule has 0 aromatic rings. The van der Waals surface area contributed by atoms with Crippen molar-refractivity contribution >= 4 is 0 Å². The maximum Gasteiger partial charge on any atom is 0.104 e. The molecule has 2 rings (SSSR count). The van der Waals surface area contributed by atoms with Gasteiger partial charge in [0.15, 0.2) is 0 Å². The molecule has 2 atom stereocenters. The molecule has 0 aliphatic carbocycles. The van der Waals surface area contributed by atoms with Crippen LogP contribution in [0.4, 0.5) is 0 Å². The highest BCUT2D eigenvalue weighted by atomic mass is 16.6. The summed E-state index contributed by atoms with van der Waals surface area (Å²) in [4.78, 5) is 0. The summed E-state index contributed by atoms with van der Waals surface area (Å²) in [5, 5.41) is 8.07. The average Bonchev–Trinajstić information content (AvgIpc) is 3.01. The van der Waals surface area contributed by atoms with E-state index in [9.17, 15) is 0 Å². The van der Waals surface area contributed by atoms with Crippen molar-refractivity contribution in [1.82, 2.24) is 0 Å². The van der Waals surface area contributed by atoms with Crippen LogP contribution in [0.25, 0.3) is 0 Å². The Bertz CT molecular complexity index is 118. The minimum atomic E-state index is 0.344. The van der Waals surface area contributed by atoms with E-state index in [-0.39, 0.29) is 0 Å². The first-order valence-corrected chi connectivity index (χ1v) is 5.28. The van der Waals surface area contributed by atoms with Gasteiger partial charge in [-0.05, 0) is 6.42 Å². The van der Waals surface area contributed by atoms with Crippen LogP contribution in [-0.4, -0.2) is 50.3 Å². The molecule has 4 heteroatoms. The van der Waals surface area contributed by atoms with Crippen LogP contribution in [-0.2, 0) is 14.2 Å². The molecule has 0 aromatic heterocycles. The van der Waals surface area contributed by atoms with Gasteiger partial charge < -0.3 is 19.3 Å². The summed E-state index contributed by atoms with van der Waals surface area (Å²) in [6.45, 7) is 5.66. The van der Waals surface area contributed by atoms with Crippen LogP contribution >= 0.6 is 0 Å². The lowest BCUT2D eigenvalue weighted by atomic mass is 10.4. The normalized spacial score (nSPS) is 27.9. The first-order valence-electron chi connectivity index (χ1n) is 5.28. The van der Waals surface area contributed by atoms with Gasteiger partial charge in [-0.25, -0.2) is 0 Å². The third-order valence-electron chi connectivity index (χ3n) is 1.92. The first-order chi connectivity index (χ1) is 6.86. The van der Waals surface area contributed by atoms with Crippen LogP contribution in [0, 0.1) is 0 Å². The van der Waals surface area contributed by atoms with Crippen molar-refractivity contribution in [2.75, 3.05) is 33.0 Å². The second-order valence-corrected chi connectivity index (χ2v) is 3.53. The van der Waals surface area contributed by atoms with E-state index < -0.39 is 0 Å². The number of hydrogen-bond donors (Lipinski definition) is 1. The standard InChI is InChI=1S/C6H10O3.C4H10O/c1(5-3-8-5)7-2-6-4-9-6;1-2-3-4-5/h5-6H,1-4H2;5H,2-4H2,1H3. The number of aliphatic hydroxyl groups is 1. The van der Waals surface area contributed by atoms with Crippen LogP contribution in [0.15, 0.2) is 0 Å². The van der Waals surface area contributed by atoms with Gasteiger partial charge >= 0.3 is 0 Å². The Morgan fingerprint density at radius 1 is 1.21 bits per heavy atom. The highest BCUT2D eigenvalue weighted by Crippen LogP contribution is 2.12. The Morgan fingerprint density at radius 3 is 1.93 bits per heavy atom. The summed E-state index contributed by atoms with van der Waals surface area (Å²) in [7, 11) is 0. The lowest BCUT2D eigenvalue weighted by molar-refractivity contribution is 0.102. The van der Waals surface area contributed by atoms with Crippen LogP contribution in [0.2, 0.25) is 0 Å². The van der Waals surface area contributed by atoms with Gasteiger partial charge in [0.05, 0.1) is 26.4 Å². The van der Waals surface area contributed by atoms with Gasteiger partial charge in [-0.3, -0.25) is 0 Å². The highest BCUT2D eigenvalue weighted by Gasteiger charge is 2.26. The third kappa shape index (κ3) is 7.26. The highest BCUT2D eigenvalue weighted by molar-refractivity contribution is 4.71. The van der Waals surface area contributed by atoms with Crippen molar-refractivity contribution in [2.24, 2.45) is 0 Å². The molecule has 2 aliphatic heterocycles. The molecule has 2 unspecified atom stereocenters. The Hall–Kier alpha value is -0.160. The van der Waals surface area contributed by atoms with E-state index in [1.54, 1.807) is 0 Å². The lowest BCUT2D eigenvalue weighted by Gasteiger charge is -1.95. The number of hydrogen-bond acceptors (Lipinski definition) is 4. The summed E-state index contributed by atoms with van der Waals surface area (Å²) in [6, 6.07) is 0. The number of ether oxygens (including phenoxy) is 3. The van der Waals surface area contributed by atoms with Gasteiger partial charge in [0.2, 0.25) is 0 Å². The van der Waals surface area contributed by atoms with Gasteiger partial charge in [-0.1, -0.05) is 13.3 Å². The quantitative estimate of drug-likeness (QED) is 0.643. The first kappa shape index (κ1) is 11.9.